The second-order valence-electron chi connectivity index (χ2n) is 8.88. The highest BCUT2D eigenvalue weighted by atomic mass is 79.9. The Balaban J connectivity index is 1.62. The molecule has 1 N–H and O–H groups in total. The molecule has 3 heterocycles. The van der Waals surface area contributed by atoms with Crippen LogP contribution in [0.25, 0.3) is 29.2 Å². The number of nitrogens with zero attached hydrogens (tertiary/aromatic N) is 4. The van der Waals surface area contributed by atoms with Gasteiger partial charge in [-0.1, -0.05) is 28.1 Å². The number of ether oxygens (including phenoxy) is 1. The first kappa shape index (κ1) is 22.2. The van der Waals surface area contributed by atoms with Gasteiger partial charge in [0.05, 0.1) is 51.1 Å². The molecule has 0 amide bonds. The van der Waals surface area contributed by atoms with Gasteiger partial charge in [0.2, 0.25) is 0 Å². The van der Waals surface area contributed by atoms with Crippen molar-refractivity contribution in [3.8, 4) is 17.1 Å². The topological polar surface area (TPSA) is 64.3 Å². The van der Waals surface area contributed by atoms with E-state index in [0.29, 0.717) is 0 Å². The van der Waals surface area contributed by atoms with E-state index >= 15 is 0 Å². The number of benzene rings is 2. The minimum absolute atomic E-state index is 0.238. The SMILES string of the molecule is Brc1ccc(-n2c3cc(=NC4CCOCC4)c(Nc4cccnc4)cc-3nc3c2=CCCC=3)cc1. The summed E-state index contributed by atoms with van der Waals surface area (Å²) in [4.78, 5) is 14.5. The number of hydrogen-bond donors (Lipinski definition) is 1. The highest BCUT2D eigenvalue weighted by molar-refractivity contribution is 9.10. The predicted molar refractivity (Wildman–Crippen MR) is 142 cm³/mol. The van der Waals surface area contributed by atoms with E-state index in [2.05, 4.69) is 79.3 Å². The molecular weight excluding hydrogens is 502 g/mol. The summed E-state index contributed by atoms with van der Waals surface area (Å²) in [5.74, 6) is 0. The van der Waals surface area contributed by atoms with Crippen molar-refractivity contribution >= 4 is 39.5 Å². The van der Waals surface area contributed by atoms with Crippen molar-refractivity contribution in [3.63, 3.8) is 0 Å². The van der Waals surface area contributed by atoms with Crippen LogP contribution in [-0.2, 0) is 4.74 Å². The summed E-state index contributed by atoms with van der Waals surface area (Å²) in [6.07, 6.45) is 12.0. The van der Waals surface area contributed by atoms with Crippen molar-refractivity contribution in [2.45, 2.75) is 31.7 Å². The number of nitrogens with one attached hydrogen (secondary N) is 1. The highest BCUT2D eigenvalue weighted by Gasteiger charge is 2.18. The second-order valence-corrected chi connectivity index (χ2v) is 9.79. The van der Waals surface area contributed by atoms with Crippen LogP contribution in [0.15, 0.2) is 70.4 Å². The number of fused-ring (bicyclic) bond motifs is 2. The lowest BCUT2D eigenvalue weighted by Crippen LogP contribution is -2.40. The molecule has 0 atom stereocenters. The molecule has 0 bridgehead atoms. The fraction of sp³-hybridized carbons (Fsp3) is 0.250. The van der Waals surface area contributed by atoms with Crippen molar-refractivity contribution in [3.05, 3.63) is 81.5 Å². The van der Waals surface area contributed by atoms with Crippen LogP contribution in [0.3, 0.4) is 0 Å². The number of anilines is 2. The number of pyridine rings is 1. The van der Waals surface area contributed by atoms with E-state index in [1.165, 1.54) is 0 Å². The largest absolute Gasteiger partial charge is 0.381 e. The molecule has 1 fully saturated rings. The molecule has 2 aliphatic heterocycles. The molecule has 6 rings (SSSR count). The molecule has 35 heavy (non-hydrogen) atoms. The van der Waals surface area contributed by atoms with Gasteiger partial charge in [-0.2, -0.15) is 0 Å². The Kier molecular flexibility index (Phi) is 6.19. The van der Waals surface area contributed by atoms with Crippen LogP contribution in [0.1, 0.15) is 25.7 Å². The first-order valence-electron chi connectivity index (χ1n) is 12.1. The lowest BCUT2D eigenvalue weighted by molar-refractivity contribution is 0.0864. The smallest absolute Gasteiger partial charge is 0.0900 e. The molecule has 0 saturated carbocycles. The van der Waals surface area contributed by atoms with E-state index in [9.17, 15) is 0 Å². The average Bonchev–Trinajstić information content (AvgIpc) is 2.90. The van der Waals surface area contributed by atoms with Gasteiger partial charge in [-0.3, -0.25) is 9.98 Å². The summed E-state index contributed by atoms with van der Waals surface area (Å²) in [6, 6.07) is 16.9. The van der Waals surface area contributed by atoms with Gasteiger partial charge < -0.3 is 14.6 Å². The molecule has 7 heteroatoms. The van der Waals surface area contributed by atoms with Gasteiger partial charge in [-0.05, 0) is 74.2 Å². The first-order chi connectivity index (χ1) is 17.2. The number of aromatic nitrogens is 3. The molecule has 6 nitrogen and oxygen atoms in total. The lowest BCUT2D eigenvalue weighted by Gasteiger charge is -2.21. The molecule has 176 valence electrons. The van der Waals surface area contributed by atoms with Gasteiger partial charge in [0.25, 0.3) is 0 Å². The molecular formula is C28H26BrN5O. The Morgan fingerprint density at radius 1 is 1.03 bits per heavy atom. The Morgan fingerprint density at radius 3 is 2.66 bits per heavy atom. The minimum Gasteiger partial charge on any atom is -0.381 e. The van der Waals surface area contributed by atoms with Crippen molar-refractivity contribution in [2.24, 2.45) is 4.99 Å². The third-order valence-corrected chi connectivity index (χ3v) is 6.99. The summed E-state index contributed by atoms with van der Waals surface area (Å²) in [5.41, 5.74) is 4.93. The summed E-state index contributed by atoms with van der Waals surface area (Å²) in [7, 11) is 0. The lowest BCUT2D eigenvalue weighted by atomic mass is 10.1. The van der Waals surface area contributed by atoms with E-state index in [0.717, 1.165) is 87.9 Å². The summed E-state index contributed by atoms with van der Waals surface area (Å²) in [6.45, 7) is 1.51. The Labute approximate surface area is 212 Å². The third-order valence-electron chi connectivity index (χ3n) is 6.46. The van der Waals surface area contributed by atoms with E-state index in [1.54, 1.807) is 6.20 Å². The zero-order chi connectivity index (χ0) is 23.6. The van der Waals surface area contributed by atoms with Crippen LogP contribution in [0.4, 0.5) is 11.4 Å². The summed E-state index contributed by atoms with van der Waals surface area (Å²) >= 11 is 3.58. The van der Waals surface area contributed by atoms with E-state index < -0.39 is 0 Å². The van der Waals surface area contributed by atoms with E-state index in [-0.39, 0.29) is 6.04 Å². The normalized spacial score (nSPS) is 16.4. The molecule has 1 saturated heterocycles. The number of hydrogen-bond acceptors (Lipinski definition) is 5. The maximum absolute atomic E-state index is 5.57. The molecule has 1 aromatic heterocycles. The van der Waals surface area contributed by atoms with Gasteiger partial charge in [0.1, 0.15) is 0 Å². The van der Waals surface area contributed by atoms with Crippen molar-refractivity contribution in [1.82, 2.24) is 14.5 Å². The Bertz CT molecular complexity index is 1510. The van der Waals surface area contributed by atoms with Gasteiger partial charge in [0, 0.05) is 29.6 Å². The molecule has 0 spiro atoms. The van der Waals surface area contributed by atoms with Crippen LogP contribution in [0.2, 0.25) is 0 Å². The fourth-order valence-corrected chi connectivity index (χ4v) is 4.99. The summed E-state index contributed by atoms with van der Waals surface area (Å²) in [5, 5.41) is 6.63. The molecule has 4 aliphatic rings. The van der Waals surface area contributed by atoms with Crippen molar-refractivity contribution in [2.75, 3.05) is 18.5 Å². The maximum atomic E-state index is 5.57. The molecule has 0 radical (unpaired) electrons. The fourth-order valence-electron chi connectivity index (χ4n) is 4.73. The molecule has 0 unspecified atom stereocenters. The van der Waals surface area contributed by atoms with Crippen LogP contribution in [0, 0.1) is 0 Å². The standard InChI is InChI=1S/C28H26BrN5O/c29-19-7-9-22(10-8-19)34-27-6-2-1-5-23(27)33-26-16-24(32-21-4-3-13-30-18-21)25(17-28(26)34)31-20-11-14-35-15-12-20/h3-10,13,16-18,20,32H,1-2,11-12,14-15H2. The second kappa shape index (κ2) is 9.76. The quantitative estimate of drug-likeness (QED) is 0.429. The van der Waals surface area contributed by atoms with Crippen molar-refractivity contribution in [1.29, 1.82) is 0 Å². The van der Waals surface area contributed by atoms with Crippen LogP contribution in [-0.4, -0.2) is 33.8 Å². The van der Waals surface area contributed by atoms with Crippen molar-refractivity contribution < 1.29 is 4.74 Å². The molecule has 1 aromatic carbocycles. The van der Waals surface area contributed by atoms with Crippen LogP contribution < -0.4 is 21.4 Å². The van der Waals surface area contributed by atoms with Gasteiger partial charge in [0.15, 0.2) is 0 Å². The first-order valence-corrected chi connectivity index (χ1v) is 12.9. The maximum Gasteiger partial charge on any atom is 0.0900 e. The van der Waals surface area contributed by atoms with Crippen LogP contribution in [0.5, 0.6) is 0 Å². The molecule has 2 aliphatic carbocycles. The van der Waals surface area contributed by atoms with Gasteiger partial charge in [-0.25, -0.2) is 4.98 Å². The number of rotatable bonds is 4. The van der Waals surface area contributed by atoms with E-state index in [1.807, 2.05) is 18.3 Å². The van der Waals surface area contributed by atoms with Gasteiger partial charge >= 0.3 is 0 Å². The zero-order valence-electron chi connectivity index (χ0n) is 19.3. The Hall–Kier alpha value is -3.29. The van der Waals surface area contributed by atoms with Gasteiger partial charge in [-0.15, -0.1) is 0 Å². The van der Waals surface area contributed by atoms with E-state index in [4.69, 9.17) is 14.7 Å². The Morgan fingerprint density at radius 2 is 1.86 bits per heavy atom. The molecule has 2 aromatic rings. The monoisotopic (exact) mass is 527 g/mol. The number of halogens is 1. The predicted octanol–water partition coefficient (Wildman–Crippen LogP) is 4.31. The highest BCUT2D eigenvalue weighted by Crippen LogP contribution is 2.25. The third kappa shape index (κ3) is 4.66. The summed E-state index contributed by atoms with van der Waals surface area (Å²) < 4.78 is 8.95. The average molecular weight is 528 g/mol. The van der Waals surface area contributed by atoms with Crippen LogP contribution >= 0.6 is 15.9 Å². The zero-order valence-corrected chi connectivity index (χ0v) is 20.9. The minimum atomic E-state index is 0.238.